The summed E-state index contributed by atoms with van der Waals surface area (Å²) < 4.78 is 4.86. The largest absolute Gasteiger partial charge is 0.513 e. The van der Waals surface area contributed by atoms with Crippen molar-refractivity contribution in [2.24, 2.45) is 17.3 Å². The van der Waals surface area contributed by atoms with Crippen LogP contribution in [0.15, 0.2) is 73.1 Å². The Morgan fingerprint density at radius 3 is 2.12 bits per heavy atom. The third-order valence-corrected chi connectivity index (χ3v) is 11.5. The molecule has 11 nitrogen and oxygen atoms in total. The van der Waals surface area contributed by atoms with Gasteiger partial charge in [0.1, 0.15) is 11.6 Å². The number of fused-ring (bicyclic) bond motifs is 1. The quantitative estimate of drug-likeness (QED) is 0.175. The number of likely N-dealkylation sites (tertiary alicyclic amines) is 2. The van der Waals surface area contributed by atoms with E-state index in [-0.39, 0.29) is 35.2 Å². The van der Waals surface area contributed by atoms with Gasteiger partial charge in [0.2, 0.25) is 0 Å². The number of amides is 2. The zero-order valence-corrected chi connectivity index (χ0v) is 30.1. The highest BCUT2D eigenvalue weighted by Gasteiger charge is 2.55. The Labute approximate surface area is 303 Å². The number of carbonyl (C=O) groups excluding carboxylic acids is 2. The summed E-state index contributed by atoms with van der Waals surface area (Å²) in [5, 5.41) is 13.1. The SMILES string of the molecule is COC(=O)[NH2+]C(C(=O)N1CC2(CC2)CC1c1ncc(-c2ccc(-c3ccc4cc(-c5cnc(C6CC(C#N)CN6C)[nH]5)ccc4c3)cc2)[nH]1)C(C)C. The summed E-state index contributed by atoms with van der Waals surface area (Å²) in [5.41, 5.74) is 6.39. The van der Waals surface area contributed by atoms with E-state index in [0.717, 1.165) is 88.3 Å². The molecule has 5 aromatic rings. The lowest BCUT2D eigenvalue weighted by molar-refractivity contribution is -0.601. The van der Waals surface area contributed by atoms with Gasteiger partial charge < -0.3 is 19.6 Å². The third-order valence-electron chi connectivity index (χ3n) is 11.5. The molecule has 1 aliphatic carbocycles. The van der Waals surface area contributed by atoms with Gasteiger partial charge in [-0.1, -0.05) is 62.4 Å². The van der Waals surface area contributed by atoms with E-state index in [2.05, 4.69) is 93.6 Å². The molecule has 4 unspecified atom stereocenters. The Morgan fingerprint density at radius 1 is 0.904 bits per heavy atom. The second-order valence-corrected chi connectivity index (χ2v) is 15.4. The van der Waals surface area contributed by atoms with Crippen LogP contribution in [0, 0.1) is 28.6 Å². The fourth-order valence-electron chi connectivity index (χ4n) is 8.18. The number of carbonyl (C=O) groups is 2. The van der Waals surface area contributed by atoms with Gasteiger partial charge in [0, 0.05) is 24.6 Å². The van der Waals surface area contributed by atoms with E-state index in [1.807, 2.05) is 31.1 Å². The van der Waals surface area contributed by atoms with E-state index in [1.54, 1.807) is 0 Å². The minimum atomic E-state index is -0.545. The molecule has 3 aromatic carbocycles. The highest BCUT2D eigenvalue weighted by atomic mass is 16.5. The Bertz CT molecular complexity index is 2180. The van der Waals surface area contributed by atoms with Crippen molar-refractivity contribution in [2.75, 3.05) is 27.2 Å². The van der Waals surface area contributed by atoms with Crippen LogP contribution in [0.2, 0.25) is 0 Å². The molecule has 1 saturated carbocycles. The van der Waals surface area contributed by atoms with Crippen LogP contribution >= 0.6 is 0 Å². The van der Waals surface area contributed by atoms with Crippen LogP contribution in [0.3, 0.4) is 0 Å². The molecule has 4 atom stereocenters. The maximum atomic E-state index is 13.9. The number of nitrogens with one attached hydrogen (secondary N) is 2. The highest BCUT2D eigenvalue weighted by Crippen LogP contribution is 2.58. The predicted molar refractivity (Wildman–Crippen MR) is 197 cm³/mol. The Balaban J connectivity index is 0.974. The lowest BCUT2D eigenvalue weighted by atomic mass is 9.98. The molecule has 4 heterocycles. The first kappa shape index (κ1) is 33.8. The Kier molecular flexibility index (Phi) is 8.68. The number of imidazole rings is 2. The van der Waals surface area contributed by atoms with Gasteiger partial charge in [0.25, 0.3) is 5.91 Å². The zero-order chi connectivity index (χ0) is 36.1. The first-order valence-electron chi connectivity index (χ1n) is 18.2. The van der Waals surface area contributed by atoms with Crippen LogP contribution in [0.4, 0.5) is 4.79 Å². The van der Waals surface area contributed by atoms with Crippen molar-refractivity contribution < 1.29 is 19.6 Å². The number of nitriles is 1. The van der Waals surface area contributed by atoms with Crippen LogP contribution in [0.5, 0.6) is 0 Å². The zero-order valence-electron chi connectivity index (χ0n) is 30.1. The molecular formula is C41H45N8O3+. The standard InChI is InChI=1S/C41H44N8O3/c1-24(2)36(47-40(51)52-4)39(50)49-23-41(13-14-41)18-35(49)38-44-20-32(45-38)27-7-5-26(6-8-27)28-9-10-30-17-31(12-11-29(30)16-28)33-21-43-37(46-33)34-15-25(19-42)22-48(34)3/h5-12,16-17,20-21,24-25,34-36H,13-15,18,22-23H2,1-4H3,(H,43,46)(H,44,45)(H,47,51)/p+1. The van der Waals surface area contributed by atoms with Gasteiger partial charge in [-0.3, -0.25) is 9.69 Å². The molecule has 52 heavy (non-hydrogen) atoms. The molecule has 1 spiro atoms. The summed E-state index contributed by atoms with van der Waals surface area (Å²) in [4.78, 5) is 46.6. The van der Waals surface area contributed by atoms with Gasteiger partial charge in [-0.25, -0.2) is 15.3 Å². The van der Waals surface area contributed by atoms with Crippen LogP contribution in [-0.2, 0) is 9.53 Å². The van der Waals surface area contributed by atoms with Crippen LogP contribution in [-0.4, -0.2) is 75.0 Å². The number of aromatic amines is 2. The fourth-order valence-corrected chi connectivity index (χ4v) is 8.18. The molecule has 3 fully saturated rings. The smallest absolute Gasteiger partial charge is 0.423 e. The minimum absolute atomic E-state index is 0.0335. The van der Waals surface area contributed by atoms with Crippen molar-refractivity contribution in [1.82, 2.24) is 29.7 Å². The van der Waals surface area contributed by atoms with Gasteiger partial charge in [0.15, 0.2) is 6.04 Å². The molecule has 2 aliphatic heterocycles. The number of quaternary nitrogens is 1. The van der Waals surface area contributed by atoms with Crippen molar-refractivity contribution >= 4 is 22.8 Å². The van der Waals surface area contributed by atoms with Crippen molar-refractivity contribution in [3.63, 3.8) is 0 Å². The van der Waals surface area contributed by atoms with Gasteiger partial charge in [-0.2, -0.15) is 10.1 Å². The summed E-state index contributed by atoms with van der Waals surface area (Å²) in [7, 11) is 3.39. The summed E-state index contributed by atoms with van der Waals surface area (Å²) in [6.45, 7) is 5.39. The monoisotopic (exact) mass is 697 g/mol. The maximum Gasteiger partial charge on any atom is 0.513 e. The molecule has 0 bridgehead atoms. The van der Waals surface area contributed by atoms with Crippen LogP contribution in [0.25, 0.3) is 44.4 Å². The van der Waals surface area contributed by atoms with Gasteiger partial charge >= 0.3 is 6.09 Å². The number of H-pyrrole nitrogens is 2. The molecule has 2 amide bonds. The number of hydrogen-bond acceptors (Lipinski definition) is 7. The number of rotatable bonds is 8. The molecule has 0 radical (unpaired) electrons. The Morgan fingerprint density at radius 2 is 1.50 bits per heavy atom. The van der Waals surface area contributed by atoms with Crippen molar-refractivity contribution in [3.05, 3.63) is 84.7 Å². The topological polar surface area (TPSA) is 148 Å². The van der Waals surface area contributed by atoms with E-state index in [9.17, 15) is 14.9 Å². The van der Waals surface area contributed by atoms with Gasteiger partial charge in [-0.15, -0.1) is 0 Å². The molecule has 3 aliphatic rings. The van der Waals surface area contributed by atoms with E-state index in [0.29, 0.717) is 6.54 Å². The normalized spacial score (nSPS) is 21.5. The first-order valence-corrected chi connectivity index (χ1v) is 18.2. The van der Waals surface area contributed by atoms with Crippen LogP contribution < -0.4 is 5.32 Å². The van der Waals surface area contributed by atoms with E-state index in [4.69, 9.17) is 9.72 Å². The number of nitrogens with two attached hydrogens (primary N) is 1. The molecule has 4 N–H and O–H groups in total. The average Bonchev–Trinajstić information content (AvgIpc) is 3.62. The summed E-state index contributed by atoms with van der Waals surface area (Å²) in [6.07, 6.45) is 7.17. The van der Waals surface area contributed by atoms with Crippen LogP contribution in [0.1, 0.15) is 63.3 Å². The second-order valence-electron chi connectivity index (χ2n) is 15.4. The molecule has 2 saturated heterocycles. The molecule has 2 aromatic heterocycles. The minimum Gasteiger partial charge on any atom is -0.423 e. The maximum absolute atomic E-state index is 13.9. The van der Waals surface area contributed by atoms with Crippen molar-refractivity contribution in [3.8, 4) is 39.7 Å². The third kappa shape index (κ3) is 6.37. The number of nitrogens with zero attached hydrogens (tertiary/aromatic N) is 5. The number of hydrogen-bond donors (Lipinski definition) is 3. The molecule has 11 heteroatoms. The van der Waals surface area contributed by atoms with E-state index >= 15 is 0 Å². The molecule has 8 rings (SSSR count). The van der Waals surface area contributed by atoms with Crippen molar-refractivity contribution in [2.45, 2.75) is 57.7 Å². The number of benzene rings is 3. The number of primary amides is 1. The number of methoxy groups -OCH3 is 1. The lowest BCUT2D eigenvalue weighted by Crippen LogP contribution is -2.96. The number of ether oxygens (including phenoxy) is 1. The predicted octanol–water partition coefficient (Wildman–Crippen LogP) is 6.21. The second kappa shape index (κ2) is 13.3. The molecular weight excluding hydrogens is 653 g/mol. The first-order chi connectivity index (χ1) is 25.1. The number of aromatic nitrogens is 4. The van der Waals surface area contributed by atoms with Gasteiger partial charge in [0.05, 0.1) is 55.0 Å². The van der Waals surface area contributed by atoms with E-state index < -0.39 is 12.1 Å². The lowest BCUT2D eigenvalue weighted by Gasteiger charge is -2.27. The summed E-state index contributed by atoms with van der Waals surface area (Å²) in [5.74, 6) is 1.66. The summed E-state index contributed by atoms with van der Waals surface area (Å²) in [6, 6.07) is 23.3. The fraction of sp³-hybridized carbons (Fsp3) is 0.390. The molecule has 266 valence electrons. The van der Waals surface area contributed by atoms with E-state index in [1.165, 1.54) is 12.4 Å². The highest BCUT2D eigenvalue weighted by molar-refractivity contribution is 5.90. The van der Waals surface area contributed by atoms with Gasteiger partial charge in [-0.05, 0) is 77.7 Å². The van der Waals surface area contributed by atoms with Crippen molar-refractivity contribution in [1.29, 1.82) is 5.26 Å². The Hall–Kier alpha value is -5.31. The average molecular weight is 698 g/mol. The summed E-state index contributed by atoms with van der Waals surface area (Å²) >= 11 is 0.